The van der Waals surface area contributed by atoms with Crippen molar-refractivity contribution in [2.24, 2.45) is 7.05 Å². The Morgan fingerprint density at radius 2 is 1.36 bits per heavy atom. The Kier molecular flexibility index (Phi) is 7.94. The third-order valence-electron chi connectivity index (χ3n) is 8.03. The molecule has 2 aromatic heterocycles. The van der Waals surface area contributed by atoms with E-state index in [2.05, 4.69) is 63.3 Å². The van der Waals surface area contributed by atoms with Gasteiger partial charge in [0, 0.05) is 39.8 Å². The van der Waals surface area contributed by atoms with Crippen LogP contribution in [0.15, 0.2) is 107 Å². The molecule has 1 aliphatic rings. The van der Waals surface area contributed by atoms with Crippen LogP contribution < -0.4 is 11.2 Å². The fourth-order valence-electron chi connectivity index (χ4n) is 5.90. The fourth-order valence-corrected chi connectivity index (χ4v) is 5.90. The van der Waals surface area contributed by atoms with Gasteiger partial charge in [0.15, 0.2) is 16.9 Å². The number of aromatic nitrogens is 4. The van der Waals surface area contributed by atoms with Crippen molar-refractivity contribution in [1.29, 1.82) is 0 Å². The van der Waals surface area contributed by atoms with Gasteiger partial charge in [0.1, 0.15) is 0 Å². The molecular formula is C33H34N6O3. The van der Waals surface area contributed by atoms with E-state index in [0.29, 0.717) is 17.7 Å². The van der Waals surface area contributed by atoms with E-state index in [4.69, 9.17) is 0 Å². The zero-order valence-corrected chi connectivity index (χ0v) is 23.7. The lowest BCUT2D eigenvalue weighted by atomic mass is 9.96. The van der Waals surface area contributed by atoms with E-state index in [9.17, 15) is 14.4 Å². The van der Waals surface area contributed by atoms with E-state index in [0.717, 1.165) is 36.3 Å². The first-order valence-corrected chi connectivity index (χ1v) is 14.3. The molecule has 3 aromatic carbocycles. The molecule has 0 spiro atoms. The number of rotatable bonds is 9. The monoisotopic (exact) mass is 562 g/mol. The van der Waals surface area contributed by atoms with Crippen molar-refractivity contribution in [3.05, 3.63) is 135 Å². The van der Waals surface area contributed by atoms with Crippen molar-refractivity contribution >= 4 is 16.9 Å². The van der Waals surface area contributed by atoms with Crippen LogP contribution in [-0.4, -0.2) is 67.0 Å². The summed E-state index contributed by atoms with van der Waals surface area (Å²) >= 11 is 0. The quantitative estimate of drug-likeness (QED) is 0.275. The van der Waals surface area contributed by atoms with E-state index in [1.807, 2.05) is 42.5 Å². The van der Waals surface area contributed by atoms with Crippen LogP contribution in [0.5, 0.6) is 0 Å². The Morgan fingerprint density at radius 3 is 1.95 bits per heavy atom. The number of nitrogens with zero attached hydrogens (tertiary/aromatic N) is 6. The summed E-state index contributed by atoms with van der Waals surface area (Å²) in [6, 6.07) is 30.9. The molecule has 5 aromatic rings. The largest absolute Gasteiger partial charge is 0.332 e. The van der Waals surface area contributed by atoms with Crippen LogP contribution >= 0.6 is 0 Å². The molecule has 0 saturated carbocycles. The molecule has 0 unspecified atom stereocenters. The maximum Gasteiger partial charge on any atom is 0.332 e. The standard InChI is InChI=1S/C33H34N6O3/c1-35-31-30(38(24-34-31)21-25-11-5-2-6-12-25)32(41)39(33(35)42)23-28(40)22-36-17-19-37(20-18-36)29(26-13-7-3-8-14-26)27-15-9-4-10-16-27/h2-16,24,29H,17-23H2,1H3. The zero-order chi connectivity index (χ0) is 29.1. The number of hydrogen-bond donors (Lipinski definition) is 0. The lowest BCUT2D eigenvalue weighted by Gasteiger charge is -2.39. The van der Waals surface area contributed by atoms with E-state index in [1.165, 1.54) is 15.7 Å². The Hall–Kier alpha value is -4.60. The highest BCUT2D eigenvalue weighted by molar-refractivity contribution is 5.80. The van der Waals surface area contributed by atoms with Crippen molar-refractivity contribution in [3.8, 4) is 0 Å². The highest BCUT2D eigenvalue weighted by Crippen LogP contribution is 2.29. The van der Waals surface area contributed by atoms with Crippen LogP contribution in [0, 0.1) is 0 Å². The molecule has 1 fully saturated rings. The van der Waals surface area contributed by atoms with Crippen molar-refractivity contribution in [2.45, 2.75) is 19.1 Å². The van der Waals surface area contributed by atoms with Gasteiger partial charge in [-0.2, -0.15) is 0 Å². The van der Waals surface area contributed by atoms with Crippen molar-refractivity contribution in [2.75, 3.05) is 32.7 Å². The second kappa shape index (κ2) is 12.1. The van der Waals surface area contributed by atoms with Crippen LogP contribution in [0.3, 0.4) is 0 Å². The van der Waals surface area contributed by atoms with Gasteiger partial charge in [-0.15, -0.1) is 0 Å². The number of carbonyl (C=O) groups excluding carboxylic acids is 1. The third-order valence-corrected chi connectivity index (χ3v) is 8.03. The number of aryl methyl sites for hydroxylation is 1. The Labute approximate surface area is 243 Å². The van der Waals surface area contributed by atoms with Gasteiger partial charge >= 0.3 is 5.69 Å². The first-order chi connectivity index (χ1) is 20.5. The summed E-state index contributed by atoms with van der Waals surface area (Å²) in [6.07, 6.45) is 1.57. The smallest absolute Gasteiger partial charge is 0.320 e. The van der Waals surface area contributed by atoms with Gasteiger partial charge in [-0.25, -0.2) is 9.78 Å². The number of carbonyl (C=O) groups is 1. The lowest BCUT2D eigenvalue weighted by molar-refractivity contribution is -0.121. The van der Waals surface area contributed by atoms with E-state index >= 15 is 0 Å². The van der Waals surface area contributed by atoms with Crippen LogP contribution in [-0.2, 0) is 24.9 Å². The second-order valence-corrected chi connectivity index (χ2v) is 10.8. The predicted octanol–water partition coefficient (Wildman–Crippen LogP) is 2.92. The first kappa shape index (κ1) is 27.6. The molecule has 3 heterocycles. The number of fused-ring (bicyclic) bond motifs is 1. The maximum absolute atomic E-state index is 13.5. The van der Waals surface area contributed by atoms with Gasteiger partial charge in [0.05, 0.1) is 25.5 Å². The van der Waals surface area contributed by atoms with E-state index in [1.54, 1.807) is 17.9 Å². The molecule has 1 aliphatic heterocycles. The number of piperazine rings is 1. The van der Waals surface area contributed by atoms with Crippen molar-refractivity contribution in [3.63, 3.8) is 0 Å². The number of Topliss-reactive ketones (excluding diaryl/α,β-unsaturated/α-hetero) is 1. The van der Waals surface area contributed by atoms with Gasteiger partial charge in [-0.05, 0) is 16.7 Å². The second-order valence-electron chi connectivity index (χ2n) is 10.8. The number of imidazole rings is 1. The van der Waals surface area contributed by atoms with Crippen molar-refractivity contribution in [1.82, 2.24) is 28.5 Å². The summed E-state index contributed by atoms with van der Waals surface area (Å²) in [5.41, 5.74) is 3.09. The highest BCUT2D eigenvalue weighted by atomic mass is 16.2. The molecule has 0 amide bonds. The van der Waals surface area contributed by atoms with Gasteiger partial charge in [0.2, 0.25) is 0 Å². The van der Waals surface area contributed by atoms with Crippen LogP contribution in [0.2, 0.25) is 0 Å². The Bertz CT molecular complexity index is 1750. The predicted molar refractivity (Wildman–Crippen MR) is 163 cm³/mol. The average Bonchev–Trinajstić information content (AvgIpc) is 3.44. The molecule has 9 heteroatoms. The molecule has 42 heavy (non-hydrogen) atoms. The molecule has 0 bridgehead atoms. The number of ketones is 1. The summed E-state index contributed by atoms with van der Waals surface area (Å²) in [7, 11) is 1.58. The van der Waals surface area contributed by atoms with Gasteiger partial charge in [0.25, 0.3) is 5.56 Å². The molecule has 214 valence electrons. The molecule has 0 atom stereocenters. The summed E-state index contributed by atoms with van der Waals surface area (Å²) in [6.45, 7) is 3.40. The minimum Gasteiger partial charge on any atom is -0.320 e. The third kappa shape index (κ3) is 5.61. The Morgan fingerprint density at radius 1 is 0.786 bits per heavy atom. The van der Waals surface area contributed by atoms with Crippen LogP contribution in [0.4, 0.5) is 0 Å². The summed E-state index contributed by atoms with van der Waals surface area (Å²) in [5.74, 6) is -0.168. The van der Waals surface area contributed by atoms with Crippen LogP contribution in [0.1, 0.15) is 22.7 Å². The summed E-state index contributed by atoms with van der Waals surface area (Å²) < 4.78 is 4.13. The lowest BCUT2D eigenvalue weighted by Crippen LogP contribution is -2.50. The number of benzene rings is 3. The molecule has 6 rings (SSSR count). The fraction of sp³-hybridized carbons (Fsp3) is 0.273. The highest BCUT2D eigenvalue weighted by Gasteiger charge is 2.27. The van der Waals surface area contributed by atoms with Crippen LogP contribution in [0.25, 0.3) is 11.2 Å². The molecule has 0 N–H and O–H groups in total. The minimum atomic E-state index is -0.538. The van der Waals surface area contributed by atoms with Crippen molar-refractivity contribution < 1.29 is 4.79 Å². The first-order valence-electron chi connectivity index (χ1n) is 14.3. The van der Waals surface area contributed by atoms with E-state index in [-0.39, 0.29) is 24.9 Å². The van der Waals surface area contributed by atoms with E-state index < -0.39 is 11.2 Å². The Balaban J connectivity index is 1.16. The number of hydrogen-bond acceptors (Lipinski definition) is 6. The van der Waals surface area contributed by atoms with Gasteiger partial charge in [-0.3, -0.25) is 28.5 Å². The summed E-state index contributed by atoms with van der Waals surface area (Å²) in [5, 5.41) is 0. The average molecular weight is 563 g/mol. The maximum atomic E-state index is 13.5. The molecule has 0 aliphatic carbocycles. The normalized spacial score (nSPS) is 14.5. The topological polar surface area (TPSA) is 85.4 Å². The molecule has 0 radical (unpaired) electrons. The summed E-state index contributed by atoms with van der Waals surface area (Å²) in [4.78, 5) is 48.7. The molecule has 9 nitrogen and oxygen atoms in total. The zero-order valence-electron chi connectivity index (χ0n) is 23.7. The van der Waals surface area contributed by atoms with Gasteiger partial charge < -0.3 is 4.57 Å². The van der Waals surface area contributed by atoms with Gasteiger partial charge in [-0.1, -0.05) is 91.0 Å². The molecular weight excluding hydrogens is 528 g/mol. The molecule has 1 saturated heterocycles. The minimum absolute atomic E-state index is 0.138. The SMILES string of the molecule is Cn1c(=O)n(CC(=O)CN2CCN(C(c3ccccc3)c3ccccc3)CC2)c(=O)c2c1ncn2Cc1ccccc1.